The van der Waals surface area contributed by atoms with Gasteiger partial charge in [0.05, 0.1) is 18.0 Å². The first-order valence-electron chi connectivity index (χ1n) is 6.09. The molecule has 5 nitrogen and oxygen atoms in total. The molecule has 1 aromatic carbocycles. The van der Waals surface area contributed by atoms with Crippen LogP contribution in [0.25, 0.3) is 5.69 Å². The van der Waals surface area contributed by atoms with Gasteiger partial charge in [0, 0.05) is 18.6 Å². The number of nitrogen functional groups attached to an aromatic ring is 1. The van der Waals surface area contributed by atoms with Crippen LogP contribution in [0.15, 0.2) is 24.3 Å². The topological polar surface area (TPSA) is 66.0 Å². The van der Waals surface area contributed by atoms with Gasteiger partial charge in [0.2, 0.25) is 0 Å². The number of hydrogen-bond donors (Lipinski definition) is 1. The molecule has 1 aliphatic carbocycles. The average molecular weight is 244 g/mol. The Morgan fingerprint density at radius 1 is 1.39 bits per heavy atom. The summed E-state index contributed by atoms with van der Waals surface area (Å²) in [4.78, 5) is 0. The summed E-state index contributed by atoms with van der Waals surface area (Å²) in [6.07, 6.45) is 2.34. The molecule has 1 fully saturated rings. The monoisotopic (exact) mass is 244 g/mol. The van der Waals surface area contributed by atoms with Crippen molar-refractivity contribution in [2.45, 2.75) is 25.4 Å². The molecular formula is C13H16N4O. The molecule has 1 aromatic heterocycles. The fourth-order valence-corrected chi connectivity index (χ4v) is 2.21. The smallest absolute Gasteiger partial charge is 0.169 e. The van der Waals surface area contributed by atoms with Crippen molar-refractivity contribution in [1.29, 1.82) is 0 Å². The second-order valence-electron chi connectivity index (χ2n) is 4.61. The van der Waals surface area contributed by atoms with Crippen molar-refractivity contribution in [1.82, 2.24) is 15.0 Å². The Balaban J connectivity index is 2.09. The minimum atomic E-state index is 0.510. The lowest BCUT2D eigenvalue weighted by Crippen LogP contribution is -2.06. The van der Waals surface area contributed by atoms with Crippen molar-refractivity contribution in [2.24, 2.45) is 0 Å². The first-order valence-corrected chi connectivity index (χ1v) is 6.09. The average Bonchev–Trinajstić information content (AvgIpc) is 3.14. The van der Waals surface area contributed by atoms with Gasteiger partial charge in [-0.25, -0.2) is 4.68 Å². The summed E-state index contributed by atoms with van der Waals surface area (Å²) in [5.74, 6) is 1.06. The summed E-state index contributed by atoms with van der Waals surface area (Å²) in [5.41, 5.74) is 9.05. The van der Waals surface area contributed by atoms with E-state index in [1.165, 1.54) is 12.8 Å². The molecule has 0 spiro atoms. The number of aromatic nitrogens is 3. The van der Waals surface area contributed by atoms with Crippen molar-refractivity contribution in [3.63, 3.8) is 0 Å². The molecule has 1 heterocycles. The molecule has 94 valence electrons. The maximum Gasteiger partial charge on any atom is 0.169 e. The molecule has 0 unspecified atom stereocenters. The second-order valence-corrected chi connectivity index (χ2v) is 4.61. The minimum Gasteiger partial charge on any atom is -0.381 e. The van der Waals surface area contributed by atoms with E-state index in [1.54, 1.807) is 7.11 Å². The third-order valence-electron chi connectivity index (χ3n) is 3.22. The summed E-state index contributed by atoms with van der Waals surface area (Å²) >= 11 is 0. The lowest BCUT2D eigenvalue weighted by atomic mass is 10.1. The van der Waals surface area contributed by atoms with Crippen LogP contribution in [-0.4, -0.2) is 22.1 Å². The van der Waals surface area contributed by atoms with Crippen LogP contribution in [-0.2, 0) is 11.3 Å². The lowest BCUT2D eigenvalue weighted by Gasteiger charge is -2.10. The fourth-order valence-electron chi connectivity index (χ4n) is 2.21. The Labute approximate surface area is 106 Å². The van der Waals surface area contributed by atoms with E-state index in [0.29, 0.717) is 18.3 Å². The number of methoxy groups -OCH3 is 1. The molecule has 2 N–H and O–H groups in total. The maximum absolute atomic E-state index is 5.92. The molecule has 18 heavy (non-hydrogen) atoms. The van der Waals surface area contributed by atoms with Gasteiger partial charge in [0.15, 0.2) is 5.82 Å². The Bertz CT molecular complexity index is 560. The minimum absolute atomic E-state index is 0.510. The number of para-hydroxylation sites is 1. The van der Waals surface area contributed by atoms with Gasteiger partial charge in [0.1, 0.15) is 0 Å². The van der Waals surface area contributed by atoms with Gasteiger partial charge in [-0.05, 0) is 18.9 Å². The molecule has 1 saturated carbocycles. The van der Waals surface area contributed by atoms with Gasteiger partial charge in [-0.1, -0.05) is 23.4 Å². The van der Waals surface area contributed by atoms with E-state index in [-0.39, 0.29) is 0 Å². The van der Waals surface area contributed by atoms with Crippen molar-refractivity contribution >= 4 is 5.82 Å². The van der Waals surface area contributed by atoms with Gasteiger partial charge < -0.3 is 10.5 Å². The number of hydrogen-bond acceptors (Lipinski definition) is 4. The number of ether oxygens (including phenoxy) is 1. The zero-order valence-corrected chi connectivity index (χ0v) is 10.3. The van der Waals surface area contributed by atoms with E-state index in [9.17, 15) is 0 Å². The van der Waals surface area contributed by atoms with E-state index >= 15 is 0 Å². The van der Waals surface area contributed by atoms with Gasteiger partial charge >= 0.3 is 0 Å². The number of nitrogens with two attached hydrogens (primary N) is 1. The van der Waals surface area contributed by atoms with E-state index in [4.69, 9.17) is 10.5 Å². The van der Waals surface area contributed by atoms with E-state index in [2.05, 4.69) is 10.3 Å². The molecule has 2 aromatic rings. The molecule has 0 atom stereocenters. The molecule has 1 aliphatic rings. The van der Waals surface area contributed by atoms with Crippen LogP contribution in [0.5, 0.6) is 0 Å². The van der Waals surface area contributed by atoms with Crippen LogP contribution in [0.1, 0.15) is 30.0 Å². The van der Waals surface area contributed by atoms with E-state index in [1.807, 2.05) is 28.9 Å². The van der Waals surface area contributed by atoms with E-state index < -0.39 is 0 Å². The van der Waals surface area contributed by atoms with Gasteiger partial charge in [-0.3, -0.25) is 0 Å². The Kier molecular flexibility index (Phi) is 2.76. The largest absolute Gasteiger partial charge is 0.381 e. The highest BCUT2D eigenvalue weighted by atomic mass is 16.5. The van der Waals surface area contributed by atoms with Crippen LogP contribution >= 0.6 is 0 Å². The summed E-state index contributed by atoms with van der Waals surface area (Å²) in [5, 5.41) is 8.18. The van der Waals surface area contributed by atoms with Crippen LogP contribution in [0, 0.1) is 0 Å². The Hall–Kier alpha value is -1.88. The lowest BCUT2D eigenvalue weighted by molar-refractivity contribution is 0.184. The Morgan fingerprint density at radius 3 is 2.89 bits per heavy atom. The number of rotatable bonds is 4. The van der Waals surface area contributed by atoms with Crippen LogP contribution in [0.3, 0.4) is 0 Å². The summed E-state index contributed by atoms with van der Waals surface area (Å²) < 4.78 is 7.08. The summed E-state index contributed by atoms with van der Waals surface area (Å²) in [6, 6.07) is 8.04. The highest BCUT2D eigenvalue weighted by Gasteiger charge is 2.31. The zero-order chi connectivity index (χ0) is 12.5. The standard InChI is InChI=1S/C13H16N4O/c1-18-8-10-4-2-3-5-11(10)17-12(9-6-7-9)13(14)15-16-17/h2-5,9H,6-8,14H2,1H3. The number of anilines is 1. The molecule has 3 rings (SSSR count). The second kappa shape index (κ2) is 4.42. The number of benzene rings is 1. The third kappa shape index (κ3) is 1.86. The van der Waals surface area contributed by atoms with Crippen LogP contribution < -0.4 is 5.73 Å². The zero-order valence-electron chi connectivity index (χ0n) is 10.3. The molecule has 0 aliphatic heterocycles. The third-order valence-corrected chi connectivity index (χ3v) is 3.22. The highest BCUT2D eigenvalue weighted by molar-refractivity contribution is 5.47. The Morgan fingerprint density at radius 2 is 2.17 bits per heavy atom. The van der Waals surface area contributed by atoms with Crippen molar-refractivity contribution < 1.29 is 4.74 Å². The molecule has 0 bridgehead atoms. The fraction of sp³-hybridized carbons (Fsp3) is 0.385. The van der Waals surface area contributed by atoms with Gasteiger partial charge in [0.25, 0.3) is 0 Å². The van der Waals surface area contributed by atoms with Crippen LogP contribution in [0.4, 0.5) is 5.82 Å². The predicted octanol–water partition coefficient (Wildman–Crippen LogP) is 1.87. The normalized spacial score (nSPS) is 14.9. The van der Waals surface area contributed by atoms with E-state index in [0.717, 1.165) is 16.9 Å². The van der Waals surface area contributed by atoms with Crippen molar-refractivity contribution in [3.8, 4) is 5.69 Å². The summed E-state index contributed by atoms with van der Waals surface area (Å²) in [6.45, 7) is 0.556. The number of nitrogens with zero attached hydrogens (tertiary/aromatic N) is 3. The quantitative estimate of drug-likeness (QED) is 0.891. The molecular weight excluding hydrogens is 228 g/mol. The molecule has 0 amide bonds. The first-order chi connectivity index (χ1) is 8.81. The molecule has 5 heteroatoms. The summed E-state index contributed by atoms with van der Waals surface area (Å²) in [7, 11) is 1.69. The van der Waals surface area contributed by atoms with Gasteiger partial charge in [-0.15, -0.1) is 5.10 Å². The highest BCUT2D eigenvalue weighted by Crippen LogP contribution is 2.42. The first kappa shape index (κ1) is 11.2. The maximum atomic E-state index is 5.92. The van der Waals surface area contributed by atoms with Crippen LogP contribution in [0.2, 0.25) is 0 Å². The van der Waals surface area contributed by atoms with Crippen molar-refractivity contribution in [2.75, 3.05) is 12.8 Å². The van der Waals surface area contributed by atoms with Gasteiger partial charge in [-0.2, -0.15) is 0 Å². The predicted molar refractivity (Wildman–Crippen MR) is 68.5 cm³/mol. The SMILES string of the molecule is COCc1ccccc1-n1nnc(N)c1C1CC1. The van der Waals surface area contributed by atoms with Crippen molar-refractivity contribution in [3.05, 3.63) is 35.5 Å². The molecule has 0 saturated heterocycles. The molecule has 0 radical (unpaired) electrons.